The maximum atomic E-state index is 5.75. The van der Waals surface area contributed by atoms with Crippen LogP contribution in [0, 0.1) is 0 Å². The van der Waals surface area contributed by atoms with Crippen LogP contribution in [-0.2, 0) is 0 Å². The summed E-state index contributed by atoms with van der Waals surface area (Å²) in [6, 6.07) is 9.01. The van der Waals surface area contributed by atoms with Gasteiger partial charge in [0.15, 0.2) is 5.82 Å². The van der Waals surface area contributed by atoms with Crippen LogP contribution in [-0.4, -0.2) is 9.97 Å². The minimum Gasteiger partial charge on any atom is -0.399 e. The van der Waals surface area contributed by atoms with Crippen molar-refractivity contribution in [2.75, 3.05) is 5.73 Å². The van der Waals surface area contributed by atoms with Gasteiger partial charge in [-0.05, 0) is 18.2 Å². The molecule has 2 N–H and O–H groups in total. The maximum Gasteiger partial charge on any atom is 0.160 e. The summed E-state index contributed by atoms with van der Waals surface area (Å²) in [6.45, 7) is 0. The molecule has 0 aliphatic carbocycles. The van der Waals surface area contributed by atoms with Gasteiger partial charge in [-0.2, -0.15) is 0 Å². The quantitative estimate of drug-likeness (QED) is 0.575. The molecule has 0 spiro atoms. The van der Waals surface area contributed by atoms with E-state index < -0.39 is 0 Å². The third kappa shape index (κ3) is 1.83. The first-order valence-corrected chi connectivity index (χ1v) is 4.48. The Bertz CT molecular complexity index is 413. The normalized spacial score (nSPS) is 10.1. The van der Waals surface area contributed by atoms with Crippen LogP contribution in [0.1, 0.15) is 0 Å². The van der Waals surface area contributed by atoms with Crippen molar-refractivity contribution < 1.29 is 0 Å². The second-order valence-electron chi connectivity index (χ2n) is 2.83. The van der Waals surface area contributed by atoms with Gasteiger partial charge in [-0.1, -0.05) is 23.7 Å². The number of anilines is 1. The highest BCUT2D eigenvalue weighted by atomic mass is 35.5. The summed E-state index contributed by atoms with van der Waals surface area (Å²) in [5.74, 6) is 0.588. The monoisotopic (exact) mass is 205 g/mol. The number of nitrogens with two attached hydrogens (primary N) is 1. The average Bonchev–Trinajstić information content (AvgIpc) is 2.18. The first kappa shape index (κ1) is 8.97. The summed E-state index contributed by atoms with van der Waals surface area (Å²) in [7, 11) is 0. The Balaban J connectivity index is 2.49. The minimum atomic E-state index is 0.428. The SMILES string of the molecule is Nc1cccc(-c2nccc(Cl)n2)c1. The van der Waals surface area contributed by atoms with Gasteiger partial charge in [0.25, 0.3) is 0 Å². The van der Waals surface area contributed by atoms with E-state index in [1.807, 2.05) is 24.3 Å². The Labute approximate surface area is 86.6 Å². The molecule has 1 heterocycles. The lowest BCUT2D eigenvalue weighted by Crippen LogP contribution is -1.90. The van der Waals surface area contributed by atoms with Crippen LogP contribution in [0.25, 0.3) is 11.4 Å². The predicted molar refractivity (Wildman–Crippen MR) is 56.9 cm³/mol. The number of nitrogen functional groups attached to an aromatic ring is 1. The molecule has 0 atom stereocenters. The highest BCUT2D eigenvalue weighted by Crippen LogP contribution is 2.18. The van der Waals surface area contributed by atoms with E-state index >= 15 is 0 Å². The zero-order valence-corrected chi connectivity index (χ0v) is 8.07. The minimum absolute atomic E-state index is 0.428. The second-order valence-corrected chi connectivity index (χ2v) is 3.22. The Morgan fingerprint density at radius 1 is 1.21 bits per heavy atom. The molecule has 3 nitrogen and oxygen atoms in total. The van der Waals surface area contributed by atoms with E-state index in [-0.39, 0.29) is 0 Å². The number of halogens is 1. The van der Waals surface area contributed by atoms with Gasteiger partial charge in [-0.25, -0.2) is 9.97 Å². The molecule has 0 saturated carbocycles. The average molecular weight is 206 g/mol. The zero-order valence-electron chi connectivity index (χ0n) is 7.31. The molecule has 0 fully saturated rings. The Morgan fingerprint density at radius 2 is 2.07 bits per heavy atom. The maximum absolute atomic E-state index is 5.75. The fourth-order valence-electron chi connectivity index (χ4n) is 1.15. The van der Waals surface area contributed by atoms with E-state index in [4.69, 9.17) is 17.3 Å². The predicted octanol–water partition coefficient (Wildman–Crippen LogP) is 2.38. The smallest absolute Gasteiger partial charge is 0.160 e. The lowest BCUT2D eigenvalue weighted by molar-refractivity contribution is 1.18. The van der Waals surface area contributed by atoms with E-state index in [1.54, 1.807) is 12.3 Å². The molecule has 1 aromatic carbocycles. The molecule has 0 aliphatic heterocycles. The zero-order chi connectivity index (χ0) is 9.97. The number of aromatic nitrogens is 2. The van der Waals surface area contributed by atoms with Crippen LogP contribution < -0.4 is 5.73 Å². The van der Waals surface area contributed by atoms with Crippen molar-refractivity contribution in [2.45, 2.75) is 0 Å². The highest BCUT2D eigenvalue weighted by molar-refractivity contribution is 6.29. The van der Waals surface area contributed by atoms with Crippen LogP contribution in [0.5, 0.6) is 0 Å². The third-order valence-corrected chi connectivity index (χ3v) is 1.98. The van der Waals surface area contributed by atoms with Crippen LogP contribution in [0.15, 0.2) is 36.5 Å². The molecule has 0 bridgehead atoms. The molecular weight excluding hydrogens is 198 g/mol. The van der Waals surface area contributed by atoms with E-state index in [9.17, 15) is 0 Å². The van der Waals surface area contributed by atoms with Gasteiger partial charge in [0.2, 0.25) is 0 Å². The molecule has 2 rings (SSSR count). The molecule has 0 radical (unpaired) electrons. The van der Waals surface area contributed by atoms with Crippen molar-refractivity contribution in [1.82, 2.24) is 9.97 Å². The molecule has 2 aromatic rings. The molecule has 14 heavy (non-hydrogen) atoms. The fraction of sp³-hybridized carbons (Fsp3) is 0. The van der Waals surface area contributed by atoms with Gasteiger partial charge < -0.3 is 5.73 Å². The summed E-state index contributed by atoms with van der Waals surface area (Å²) in [5.41, 5.74) is 7.20. The highest BCUT2D eigenvalue weighted by Gasteiger charge is 2.01. The summed E-state index contributed by atoms with van der Waals surface area (Å²) < 4.78 is 0. The number of rotatable bonds is 1. The lowest BCUT2D eigenvalue weighted by atomic mass is 10.2. The number of hydrogen-bond donors (Lipinski definition) is 1. The van der Waals surface area contributed by atoms with Crippen molar-refractivity contribution in [3.05, 3.63) is 41.7 Å². The van der Waals surface area contributed by atoms with E-state index in [2.05, 4.69) is 9.97 Å². The number of benzene rings is 1. The topological polar surface area (TPSA) is 51.8 Å². The molecule has 0 saturated heterocycles. The molecule has 0 aliphatic rings. The Kier molecular flexibility index (Phi) is 2.33. The van der Waals surface area contributed by atoms with Gasteiger partial charge in [-0.3, -0.25) is 0 Å². The summed E-state index contributed by atoms with van der Waals surface area (Å²) in [6.07, 6.45) is 1.62. The van der Waals surface area contributed by atoms with Gasteiger partial charge in [0.05, 0.1) is 0 Å². The van der Waals surface area contributed by atoms with Crippen molar-refractivity contribution in [2.24, 2.45) is 0 Å². The van der Waals surface area contributed by atoms with Crippen LogP contribution in [0.3, 0.4) is 0 Å². The van der Waals surface area contributed by atoms with Crippen molar-refractivity contribution in [1.29, 1.82) is 0 Å². The first-order chi connectivity index (χ1) is 6.75. The molecule has 70 valence electrons. The standard InChI is InChI=1S/C10H8ClN3/c11-9-4-5-13-10(14-9)7-2-1-3-8(12)6-7/h1-6H,12H2. The molecule has 4 heteroatoms. The third-order valence-electron chi connectivity index (χ3n) is 1.77. The summed E-state index contributed by atoms with van der Waals surface area (Å²) in [4.78, 5) is 8.18. The van der Waals surface area contributed by atoms with Crippen LogP contribution in [0.4, 0.5) is 5.69 Å². The second kappa shape index (κ2) is 3.64. The Hall–Kier alpha value is -1.61. The van der Waals surface area contributed by atoms with Gasteiger partial charge in [0, 0.05) is 17.4 Å². The largest absolute Gasteiger partial charge is 0.399 e. The summed E-state index contributed by atoms with van der Waals surface area (Å²) >= 11 is 5.75. The van der Waals surface area contributed by atoms with E-state index in [1.165, 1.54) is 0 Å². The Morgan fingerprint density at radius 3 is 2.79 bits per heavy atom. The number of hydrogen-bond acceptors (Lipinski definition) is 3. The fourth-order valence-corrected chi connectivity index (χ4v) is 1.29. The molecule has 0 amide bonds. The first-order valence-electron chi connectivity index (χ1n) is 4.10. The van der Waals surface area contributed by atoms with Gasteiger partial charge in [-0.15, -0.1) is 0 Å². The summed E-state index contributed by atoms with van der Waals surface area (Å²) in [5, 5.41) is 0.428. The van der Waals surface area contributed by atoms with Crippen LogP contribution >= 0.6 is 11.6 Å². The lowest BCUT2D eigenvalue weighted by Gasteiger charge is -2.00. The van der Waals surface area contributed by atoms with E-state index in [0.29, 0.717) is 16.7 Å². The molecular formula is C10H8ClN3. The molecule has 0 unspecified atom stereocenters. The van der Waals surface area contributed by atoms with Crippen molar-refractivity contribution >= 4 is 17.3 Å². The number of nitrogens with zero attached hydrogens (tertiary/aromatic N) is 2. The van der Waals surface area contributed by atoms with Crippen molar-refractivity contribution in [3.63, 3.8) is 0 Å². The van der Waals surface area contributed by atoms with Gasteiger partial charge >= 0.3 is 0 Å². The van der Waals surface area contributed by atoms with Crippen molar-refractivity contribution in [3.8, 4) is 11.4 Å². The van der Waals surface area contributed by atoms with Gasteiger partial charge in [0.1, 0.15) is 5.15 Å². The van der Waals surface area contributed by atoms with E-state index in [0.717, 1.165) is 5.56 Å². The molecule has 1 aromatic heterocycles. The van der Waals surface area contributed by atoms with Crippen LogP contribution in [0.2, 0.25) is 5.15 Å².